The molecule has 0 atom stereocenters. The van der Waals surface area contributed by atoms with Crippen LogP contribution in [-0.4, -0.2) is 36.0 Å². The highest BCUT2D eigenvalue weighted by Crippen LogP contribution is 2.23. The third-order valence-electron chi connectivity index (χ3n) is 2.60. The molecule has 1 fully saturated rings. The number of rotatable bonds is 1. The van der Waals surface area contributed by atoms with E-state index in [1.807, 2.05) is 0 Å². The lowest BCUT2D eigenvalue weighted by Gasteiger charge is -2.27. The van der Waals surface area contributed by atoms with Gasteiger partial charge in [0, 0.05) is 33.2 Å². The molecule has 0 aliphatic carbocycles. The number of anilines is 2. The molecule has 0 bridgehead atoms. The van der Waals surface area contributed by atoms with E-state index in [-0.39, 0.29) is 0 Å². The summed E-state index contributed by atoms with van der Waals surface area (Å²) in [6, 6.07) is 2.11. The molecule has 3 N–H and O–H groups in total. The van der Waals surface area contributed by atoms with E-state index in [1.165, 1.54) is 0 Å². The quantitative estimate of drug-likeness (QED) is 0.634. The molecule has 1 saturated heterocycles. The summed E-state index contributed by atoms with van der Waals surface area (Å²) in [5.74, 6) is 1.14. The first-order valence-corrected chi connectivity index (χ1v) is 4.92. The van der Waals surface area contributed by atoms with Crippen molar-refractivity contribution >= 4 is 11.6 Å². The van der Waals surface area contributed by atoms with Crippen molar-refractivity contribution < 1.29 is 0 Å². The largest absolute Gasteiger partial charge is 0.383 e. The van der Waals surface area contributed by atoms with Crippen LogP contribution in [0.5, 0.6) is 0 Å². The third-order valence-corrected chi connectivity index (χ3v) is 2.60. The molecule has 0 unspecified atom stereocenters. The highest BCUT2D eigenvalue weighted by atomic mass is 15.4. The van der Waals surface area contributed by atoms with E-state index < -0.39 is 0 Å². The number of nitrogens with one attached hydrogen (secondary N) is 1. The molecule has 1 aliphatic rings. The molecule has 0 aromatic carbocycles. The Morgan fingerprint density at radius 1 is 1.47 bits per heavy atom. The van der Waals surface area contributed by atoms with Crippen LogP contribution in [0.15, 0.2) is 0 Å². The second-order valence-corrected chi connectivity index (χ2v) is 3.56. The molecule has 1 aliphatic heterocycles. The van der Waals surface area contributed by atoms with E-state index in [0.717, 1.165) is 26.2 Å². The van der Waals surface area contributed by atoms with Crippen LogP contribution in [0.2, 0.25) is 0 Å². The lowest BCUT2D eigenvalue weighted by molar-refractivity contribution is 0.581. The zero-order valence-corrected chi connectivity index (χ0v) is 8.69. The summed E-state index contributed by atoms with van der Waals surface area (Å²) < 4.78 is 1.55. The molecule has 1 aromatic heterocycles. The number of hydrogen-bond acceptors (Lipinski definition) is 5. The molecular formula is C9H14N6. The van der Waals surface area contributed by atoms with Gasteiger partial charge in [-0.05, 0) is 0 Å². The smallest absolute Gasteiger partial charge is 0.170 e. The van der Waals surface area contributed by atoms with Crippen molar-refractivity contribution in [3.8, 4) is 6.07 Å². The Balaban J connectivity index is 2.35. The van der Waals surface area contributed by atoms with Gasteiger partial charge in [0.05, 0.1) is 0 Å². The van der Waals surface area contributed by atoms with E-state index in [1.54, 1.807) is 11.7 Å². The first kappa shape index (κ1) is 9.80. The average molecular weight is 206 g/mol. The van der Waals surface area contributed by atoms with Crippen LogP contribution in [0.25, 0.3) is 0 Å². The van der Waals surface area contributed by atoms with Gasteiger partial charge in [-0.25, -0.2) is 4.68 Å². The maximum atomic E-state index is 9.02. The van der Waals surface area contributed by atoms with Crippen molar-refractivity contribution in [3.05, 3.63) is 5.56 Å². The van der Waals surface area contributed by atoms with Gasteiger partial charge in [-0.1, -0.05) is 0 Å². The van der Waals surface area contributed by atoms with Gasteiger partial charge >= 0.3 is 0 Å². The Hall–Kier alpha value is -1.74. The number of nitrogen functional groups attached to an aromatic ring is 1. The topological polar surface area (TPSA) is 82.9 Å². The highest BCUT2D eigenvalue weighted by Gasteiger charge is 2.20. The third kappa shape index (κ3) is 1.62. The number of hydrogen-bond donors (Lipinski definition) is 2. The Kier molecular flexibility index (Phi) is 2.47. The minimum atomic E-state index is 0.436. The molecule has 1 aromatic rings. The second kappa shape index (κ2) is 3.79. The number of aromatic nitrogens is 2. The van der Waals surface area contributed by atoms with Gasteiger partial charge in [-0.15, -0.1) is 0 Å². The van der Waals surface area contributed by atoms with Crippen molar-refractivity contribution in [1.82, 2.24) is 15.1 Å². The molecule has 2 rings (SSSR count). The van der Waals surface area contributed by atoms with Crippen molar-refractivity contribution in [2.45, 2.75) is 0 Å². The molecule has 80 valence electrons. The number of piperazine rings is 1. The predicted octanol–water partition coefficient (Wildman–Crippen LogP) is -0.716. The summed E-state index contributed by atoms with van der Waals surface area (Å²) in [6.07, 6.45) is 0. The van der Waals surface area contributed by atoms with E-state index in [2.05, 4.69) is 21.4 Å². The maximum Gasteiger partial charge on any atom is 0.170 e. The van der Waals surface area contributed by atoms with Gasteiger partial charge in [0.15, 0.2) is 5.82 Å². The SMILES string of the molecule is Cn1nc(N2CCNCC2)c(C#N)c1N. The first-order valence-electron chi connectivity index (χ1n) is 4.92. The highest BCUT2D eigenvalue weighted by molar-refractivity contribution is 5.65. The first-order chi connectivity index (χ1) is 7.24. The molecular weight excluding hydrogens is 192 g/mol. The van der Waals surface area contributed by atoms with Crippen LogP contribution in [0.1, 0.15) is 5.56 Å². The fourth-order valence-corrected chi connectivity index (χ4v) is 1.73. The van der Waals surface area contributed by atoms with Crippen molar-refractivity contribution in [2.24, 2.45) is 7.05 Å². The minimum Gasteiger partial charge on any atom is -0.383 e. The van der Waals surface area contributed by atoms with Gasteiger partial charge in [-0.2, -0.15) is 10.4 Å². The van der Waals surface area contributed by atoms with E-state index in [4.69, 9.17) is 11.0 Å². The van der Waals surface area contributed by atoms with Crippen LogP contribution >= 0.6 is 0 Å². The van der Waals surface area contributed by atoms with E-state index in [9.17, 15) is 0 Å². The van der Waals surface area contributed by atoms with Crippen LogP contribution in [0, 0.1) is 11.3 Å². The summed E-state index contributed by atoms with van der Waals surface area (Å²) in [4.78, 5) is 2.09. The van der Waals surface area contributed by atoms with Crippen molar-refractivity contribution in [1.29, 1.82) is 5.26 Å². The Bertz CT molecular complexity index is 395. The molecule has 0 spiro atoms. The van der Waals surface area contributed by atoms with Crippen LogP contribution in [-0.2, 0) is 7.05 Å². The molecule has 6 nitrogen and oxygen atoms in total. The van der Waals surface area contributed by atoms with Gasteiger partial charge in [0.1, 0.15) is 17.5 Å². The number of nitriles is 1. The zero-order valence-electron chi connectivity index (χ0n) is 8.69. The average Bonchev–Trinajstić information content (AvgIpc) is 2.56. The predicted molar refractivity (Wildman–Crippen MR) is 57.4 cm³/mol. The van der Waals surface area contributed by atoms with Gasteiger partial charge in [-0.3, -0.25) is 0 Å². The summed E-state index contributed by atoms with van der Waals surface area (Å²) in [6.45, 7) is 3.57. The van der Waals surface area contributed by atoms with Crippen LogP contribution in [0.3, 0.4) is 0 Å². The van der Waals surface area contributed by atoms with Gasteiger partial charge in [0.2, 0.25) is 0 Å². The van der Waals surface area contributed by atoms with Crippen LogP contribution < -0.4 is 16.0 Å². The molecule has 15 heavy (non-hydrogen) atoms. The molecule has 6 heteroatoms. The lowest BCUT2D eigenvalue weighted by Crippen LogP contribution is -2.44. The van der Waals surface area contributed by atoms with Crippen molar-refractivity contribution in [3.63, 3.8) is 0 Å². The minimum absolute atomic E-state index is 0.436. The fraction of sp³-hybridized carbons (Fsp3) is 0.556. The lowest BCUT2D eigenvalue weighted by atomic mass is 10.3. The second-order valence-electron chi connectivity index (χ2n) is 3.56. The Labute approximate surface area is 88.3 Å². The van der Waals surface area contributed by atoms with Gasteiger partial charge < -0.3 is 16.0 Å². The monoisotopic (exact) mass is 206 g/mol. The normalized spacial score (nSPS) is 16.4. The molecule has 0 saturated carbocycles. The fourth-order valence-electron chi connectivity index (χ4n) is 1.73. The molecule has 0 radical (unpaired) electrons. The summed E-state index contributed by atoms with van der Waals surface area (Å²) in [5, 5.41) is 16.5. The number of nitrogens with two attached hydrogens (primary N) is 1. The Morgan fingerprint density at radius 3 is 2.73 bits per heavy atom. The standard InChI is InChI=1S/C9H14N6/c1-14-8(11)7(6-10)9(13-14)15-4-2-12-3-5-15/h12H,2-5,11H2,1H3. The molecule has 2 heterocycles. The van der Waals surface area contributed by atoms with Gasteiger partial charge in [0.25, 0.3) is 0 Å². The molecule has 0 amide bonds. The summed E-state index contributed by atoms with van der Waals surface area (Å²) in [7, 11) is 1.75. The van der Waals surface area contributed by atoms with Crippen molar-refractivity contribution in [2.75, 3.05) is 36.8 Å². The zero-order chi connectivity index (χ0) is 10.8. The van der Waals surface area contributed by atoms with E-state index in [0.29, 0.717) is 17.2 Å². The summed E-state index contributed by atoms with van der Waals surface area (Å²) in [5.41, 5.74) is 6.24. The van der Waals surface area contributed by atoms with Crippen LogP contribution in [0.4, 0.5) is 11.6 Å². The summed E-state index contributed by atoms with van der Waals surface area (Å²) >= 11 is 0. The van der Waals surface area contributed by atoms with E-state index >= 15 is 0 Å². The maximum absolute atomic E-state index is 9.02. The number of nitrogens with zero attached hydrogens (tertiary/aromatic N) is 4. The Morgan fingerprint density at radius 2 is 2.13 bits per heavy atom. The number of aryl methyl sites for hydroxylation is 1.